The Hall–Kier alpha value is -2.14. The predicted molar refractivity (Wildman–Crippen MR) is 85.0 cm³/mol. The molecule has 0 unspecified atom stereocenters. The first-order chi connectivity index (χ1) is 10.6. The highest BCUT2D eigenvalue weighted by Gasteiger charge is 2.25. The van der Waals surface area contributed by atoms with Crippen molar-refractivity contribution in [1.82, 2.24) is 9.80 Å². The molecule has 0 amide bonds. The van der Waals surface area contributed by atoms with Gasteiger partial charge in [-0.15, -0.1) is 0 Å². The van der Waals surface area contributed by atoms with E-state index in [1.54, 1.807) is 0 Å². The molecule has 0 radical (unpaired) electrons. The van der Waals surface area contributed by atoms with Crippen LogP contribution in [0.15, 0.2) is 53.6 Å². The zero-order chi connectivity index (χ0) is 15.5. The number of hydrogen-bond acceptors (Lipinski definition) is 5. The van der Waals surface area contributed by atoms with Crippen molar-refractivity contribution in [3.05, 3.63) is 59.2 Å². The summed E-state index contributed by atoms with van der Waals surface area (Å²) >= 11 is 0. The van der Waals surface area contributed by atoms with Gasteiger partial charge < -0.3 is 20.1 Å². The fraction of sp³-hybridized carbons (Fsp3) is 0.412. The minimum absolute atomic E-state index is 0.423. The topological polar surface area (TPSA) is 51.0 Å². The van der Waals surface area contributed by atoms with Gasteiger partial charge in [0.15, 0.2) is 5.82 Å². The zero-order valence-electron chi connectivity index (χ0n) is 13.2. The lowest BCUT2D eigenvalue weighted by molar-refractivity contribution is 0.118. The van der Waals surface area contributed by atoms with Crippen LogP contribution < -0.4 is 5.73 Å². The second kappa shape index (κ2) is 6.32. The van der Waals surface area contributed by atoms with Crippen LogP contribution in [0.5, 0.6) is 0 Å². The van der Waals surface area contributed by atoms with E-state index < -0.39 is 0 Å². The van der Waals surface area contributed by atoms with Gasteiger partial charge in [-0.1, -0.05) is 30.3 Å². The molecule has 2 heterocycles. The number of ether oxygens (including phenoxy) is 2. The van der Waals surface area contributed by atoms with Crippen LogP contribution in [0.25, 0.3) is 0 Å². The fourth-order valence-corrected chi connectivity index (χ4v) is 2.66. The van der Waals surface area contributed by atoms with Crippen molar-refractivity contribution >= 4 is 0 Å². The molecule has 0 atom stereocenters. The summed E-state index contributed by atoms with van der Waals surface area (Å²) in [6.45, 7) is 8.47. The number of benzene rings is 1. The SMILES string of the molecule is CC1=C(C)OC(=C(N)N2CCN(Cc3ccccc3)CC2)O1. The van der Waals surface area contributed by atoms with Gasteiger partial charge in [-0.25, -0.2) is 0 Å². The number of rotatable bonds is 3. The lowest BCUT2D eigenvalue weighted by Gasteiger charge is -2.35. The van der Waals surface area contributed by atoms with Crippen molar-refractivity contribution in [2.45, 2.75) is 20.4 Å². The summed E-state index contributed by atoms with van der Waals surface area (Å²) in [4.78, 5) is 4.57. The standard InChI is InChI=1S/C17H23N3O2/c1-13-14(2)22-17(21-13)16(18)20-10-8-19(9-11-20)12-15-6-4-3-5-7-15/h3-7H,8-12,18H2,1-2H3. The predicted octanol–water partition coefficient (Wildman–Crippen LogP) is 2.19. The Balaban J connectivity index is 1.55. The number of nitrogens with two attached hydrogens (primary N) is 1. The van der Waals surface area contributed by atoms with Crippen molar-refractivity contribution in [2.75, 3.05) is 26.2 Å². The maximum absolute atomic E-state index is 6.19. The first kappa shape index (κ1) is 14.8. The van der Waals surface area contributed by atoms with Gasteiger partial charge in [0.25, 0.3) is 0 Å². The van der Waals surface area contributed by atoms with E-state index >= 15 is 0 Å². The maximum Gasteiger partial charge on any atom is 0.332 e. The van der Waals surface area contributed by atoms with Crippen molar-refractivity contribution in [1.29, 1.82) is 0 Å². The normalized spacial score (nSPS) is 19.2. The molecule has 2 N–H and O–H groups in total. The molecule has 118 valence electrons. The van der Waals surface area contributed by atoms with Crippen LogP contribution in [0.2, 0.25) is 0 Å². The molecule has 5 nitrogen and oxygen atoms in total. The largest absolute Gasteiger partial charge is 0.425 e. The van der Waals surface area contributed by atoms with Crippen LogP contribution in [0.4, 0.5) is 0 Å². The van der Waals surface area contributed by atoms with E-state index in [1.807, 2.05) is 19.9 Å². The highest BCUT2D eigenvalue weighted by atomic mass is 16.7. The molecule has 1 saturated heterocycles. The van der Waals surface area contributed by atoms with Gasteiger partial charge in [0.2, 0.25) is 0 Å². The third kappa shape index (κ3) is 3.20. The summed E-state index contributed by atoms with van der Waals surface area (Å²) in [5.41, 5.74) is 7.53. The summed E-state index contributed by atoms with van der Waals surface area (Å²) < 4.78 is 11.1. The van der Waals surface area contributed by atoms with Crippen molar-refractivity contribution < 1.29 is 9.47 Å². The summed E-state index contributed by atoms with van der Waals surface area (Å²) in [7, 11) is 0. The minimum atomic E-state index is 0.423. The van der Waals surface area contributed by atoms with E-state index in [1.165, 1.54) is 5.56 Å². The Bertz CT molecular complexity index is 571. The molecule has 0 bridgehead atoms. The van der Waals surface area contributed by atoms with Crippen LogP contribution in [0, 0.1) is 0 Å². The van der Waals surface area contributed by atoms with Crippen LogP contribution in [-0.4, -0.2) is 36.0 Å². The summed E-state index contributed by atoms with van der Waals surface area (Å²) in [6, 6.07) is 10.6. The number of piperazine rings is 1. The molecule has 0 saturated carbocycles. The fourth-order valence-electron chi connectivity index (χ4n) is 2.66. The van der Waals surface area contributed by atoms with Crippen molar-refractivity contribution in [2.24, 2.45) is 5.73 Å². The Morgan fingerprint density at radius 1 is 1.00 bits per heavy atom. The smallest absolute Gasteiger partial charge is 0.332 e. The molecule has 1 aromatic rings. The van der Waals surface area contributed by atoms with E-state index in [2.05, 4.69) is 34.1 Å². The molecule has 22 heavy (non-hydrogen) atoms. The first-order valence-corrected chi connectivity index (χ1v) is 7.67. The number of hydrogen-bond donors (Lipinski definition) is 1. The molecule has 0 spiro atoms. The van der Waals surface area contributed by atoms with Crippen LogP contribution in [0.3, 0.4) is 0 Å². The lowest BCUT2D eigenvalue weighted by Crippen LogP contribution is -2.47. The molecule has 5 heteroatoms. The monoisotopic (exact) mass is 301 g/mol. The summed E-state index contributed by atoms with van der Waals surface area (Å²) in [5, 5.41) is 0. The quantitative estimate of drug-likeness (QED) is 0.927. The van der Waals surface area contributed by atoms with Gasteiger partial charge in [0.1, 0.15) is 11.5 Å². The molecule has 1 fully saturated rings. The molecular weight excluding hydrogens is 278 g/mol. The van der Waals surface area contributed by atoms with Crippen molar-refractivity contribution in [3.63, 3.8) is 0 Å². The molecule has 0 aliphatic carbocycles. The number of nitrogens with zero attached hydrogens (tertiary/aromatic N) is 2. The second-order valence-electron chi connectivity index (χ2n) is 5.74. The van der Waals surface area contributed by atoms with Crippen LogP contribution in [-0.2, 0) is 16.0 Å². The van der Waals surface area contributed by atoms with Gasteiger partial charge in [-0.05, 0) is 19.4 Å². The van der Waals surface area contributed by atoms with E-state index in [9.17, 15) is 0 Å². The average Bonchev–Trinajstić information content (AvgIpc) is 2.88. The Labute approximate surface area is 131 Å². The molecule has 2 aliphatic rings. The maximum atomic E-state index is 6.19. The zero-order valence-corrected chi connectivity index (χ0v) is 13.2. The first-order valence-electron chi connectivity index (χ1n) is 7.67. The van der Waals surface area contributed by atoms with Gasteiger partial charge in [0, 0.05) is 32.7 Å². The summed E-state index contributed by atoms with van der Waals surface area (Å²) in [5.74, 6) is 2.57. The van der Waals surface area contributed by atoms with Gasteiger partial charge >= 0.3 is 5.95 Å². The Morgan fingerprint density at radius 2 is 1.59 bits per heavy atom. The number of allylic oxidation sites excluding steroid dienone is 2. The van der Waals surface area contributed by atoms with E-state index in [0.717, 1.165) is 44.2 Å². The highest BCUT2D eigenvalue weighted by Crippen LogP contribution is 2.26. The van der Waals surface area contributed by atoms with E-state index in [4.69, 9.17) is 15.2 Å². The van der Waals surface area contributed by atoms with Gasteiger partial charge in [0.05, 0.1) is 0 Å². The minimum Gasteiger partial charge on any atom is -0.425 e. The Morgan fingerprint density at radius 3 is 2.18 bits per heavy atom. The molecule has 2 aliphatic heterocycles. The second-order valence-corrected chi connectivity index (χ2v) is 5.74. The Kier molecular flexibility index (Phi) is 4.24. The van der Waals surface area contributed by atoms with Gasteiger partial charge in [-0.2, -0.15) is 0 Å². The molecule has 0 aromatic heterocycles. The third-order valence-electron chi connectivity index (χ3n) is 4.16. The van der Waals surface area contributed by atoms with Gasteiger partial charge in [-0.3, -0.25) is 4.90 Å². The van der Waals surface area contributed by atoms with Crippen molar-refractivity contribution in [3.8, 4) is 0 Å². The summed E-state index contributed by atoms with van der Waals surface area (Å²) in [6.07, 6.45) is 0. The highest BCUT2D eigenvalue weighted by molar-refractivity contribution is 5.15. The van der Waals surface area contributed by atoms with E-state index in [-0.39, 0.29) is 0 Å². The third-order valence-corrected chi connectivity index (χ3v) is 4.16. The lowest BCUT2D eigenvalue weighted by atomic mass is 10.2. The molecule has 3 rings (SSSR count). The van der Waals surface area contributed by atoms with Crippen LogP contribution in [0.1, 0.15) is 19.4 Å². The molecule has 1 aromatic carbocycles. The van der Waals surface area contributed by atoms with E-state index in [0.29, 0.717) is 11.8 Å². The van der Waals surface area contributed by atoms with Crippen LogP contribution >= 0.6 is 0 Å². The molecular formula is C17H23N3O2. The average molecular weight is 301 g/mol.